The molecule has 0 aliphatic heterocycles. The average Bonchev–Trinajstić information content (AvgIpc) is 3.01. The molecule has 0 bridgehead atoms. The van der Waals surface area contributed by atoms with E-state index in [0.29, 0.717) is 11.5 Å². The van der Waals surface area contributed by atoms with Gasteiger partial charge in [0.25, 0.3) is 5.56 Å². The van der Waals surface area contributed by atoms with Crippen LogP contribution in [0.25, 0.3) is 5.78 Å². The lowest BCUT2D eigenvalue weighted by molar-refractivity contribution is 0.393. The molecular formula is C17H20N4O3S. The second-order valence-corrected chi connectivity index (χ2v) is 6.81. The highest BCUT2D eigenvalue weighted by atomic mass is 32.2. The first-order valence-corrected chi connectivity index (χ1v) is 8.83. The fraction of sp³-hybridized carbons (Fsp3) is 0.353. The minimum atomic E-state index is -0.169. The van der Waals surface area contributed by atoms with Crippen molar-refractivity contribution >= 4 is 17.5 Å². The topological polar surface area (TPSA) is 81.5 Å². The summed E-state index contributed by atoms with van der Waals surface area (Å²) in [4.78, 5) is 14.5. The maximum absolute atomic E-state index is 11.8. The van der Waals surface area contributed by atoms with Crippen LogP contribution in [0.3, 0.4) is 0 Å². The van der Waals surface area contributed by atoms with Crippen molar-refractivity contribution in [1.29, 1.82) is 0 Å². The molecule has 0 aliphatic carbocycles. The molecule has 3 aromatic rings. The number of H-pyrrole nitrogens is 1. The minimum Gasteiger partial charge on any atom is -0.497 e. The largest absolute Gasteiger partial charge is 0.497 e. The summed E-state index contributed by atoms with van der Waals surface area (Å²) in [7, 11) is 3.26. The molecule has 1 N–H and O–H groups in total. The third-order valence-corrected chi connectivity index (χ3v) is 4.78. The zero-order valence-electron chi connectivity index (χ0n) is 14.6. The van der Waals surface area contributed by atoms with Crippen LogP contribution in [0.5, 0.6) is 11.5 Å². The molecule has 0 saturated carbocycles. The van der Waals surface area contributed by atoms with E-state index in [0.717, 1.165) is 27.9 Å². The number of benzene rings is 1. The standard InChI is InChI=1S/C17H20N4O3S/c1-10(2)14-8-15(22)18-16-19-20-17(21(14)16)25-9-11-5-12(23-3)7-13(6-11)24-4/h5-8,10H,9H2,1-4H3,(H,18,19,22). The van der Waals surface area contributed by atoms with Gasteiger partial charge in [-0.2, -0.15) is 0 Å². The number of ether oxygens (including phenoxy) is 2. The number of thioether (sulfide) groups is 1. The molecule has 2 aromatic heterocycles. The quantitative estimate of drug-likeness (QED) is 0.681. The number of aromatic nitrogens is 4. The zero-order chi connectivity index (χ0) is 18.0. The van der Waals surface area contributed by atoms with E-state index in [2.05, 4.69) is 15.2 Å². The Kier molecular flexibility index (Phi) is 4.98. The molecule has 3 rings (SSSR count). The highest BCUT2D eigenvalue weighted by Gasteiger charge is 2.14. The molecule has 0 atom stereocenters. The van der Waals surface area contributed by atoms with Crippen LogP contribution < -0.4 is 15.0 Å². The molecule has 0 radical (unpaired) electrons. The summed E-state index contributed by atoms with van der Waals surface area (Å²) in [6.45, 7) is 4.07. The number of methoxy groups -OCH3 is 2. The van der Waals surface area contributed by atoms with Gasteiger partial charge in [-0.05, 0) is 23.6 Å². The van der Waals surface area contributed by atoms with Gasteiger partial charge in [-0.3, -0.25) is 14.2 Å². The Labute approximate surface area is 149 Å². The van der Waals surface area contributed by atoms with E-state index in [4.69, 9.17) is 9.47 Å². The van der Waals surface area contributed by atoms with Crippen LogP contribution in [0.4, 0.5) is 0 Å². The predicted octanol–water partition coefficient (Wildman–Crippen LogP) is 2.85. The molecule has 2 heterocycles. The molecule has 0 aliphatic rings. The van der Waals surface area contributed by atoms with Gasteiger partial charge in [-0.1, -0.05) is 25.6 Å². The van der Waals surface area contributed by atoms with Crippen LogP contribution in [-0.4, -0.2) is 33.8 Å². The smallest absolute Gasteiger partial charge is 0.252 e. The molecule has 0 spiro atoms. The monoisotopic (exact) mass is 360 g/mol. The highest BCUT2D eigenvalue weighted by molar-refractivity contribution is 7.98. The molecule has 0 unspecified atom stereocenters. The van der Waals surface area contributed by atoms with Gasteiger partial charge in [0, 0.05) is 23.6 Å². The first-order valence-electron chi connectivity index (χ1n) is 7.85. The van der Waals surface area contributed by atoms with Crippen molar-refractivity contribution in [2.24, 2.45) is 0 Å². The summed E-state index contributed by atoms with van der Waals surface area (Å²) in [5.41, 5.74) is 1.76. The van der Waals surface area contributed by atoms with Crippen LogP contribution in [0.15, 0.2) is 34.2 Å². The van der Waals surface area contributed by atoms with Crippen LogP contribution in [0.2, 0.25) is 0 Å². The summed E-state index contributed by atoms with van der Waals surface area (Å²) < 4.78 is 12.5. The average molecular weight is 360 g/mol. The van der Waals surface area contributed by atoms with Crippen molar-refractivity contribution in [1.82, 2.24) is 19.6 Å². The van der Waals surface area contributed by atoms with E-state index in [1.165, 1.54) is 0 Å². The third kappa shape index (κ3) is 3.63. The number of fused-ring (bicyclic) bond motifs is 1. The van der Waals surface area contributed by atoms with Gasteiger partial charge in [0.2, 0.25) is 5.78 Å². The van der Waals surface area contributed by atoms with Crippen LogP contribution in [-0.2, 0) is 5.75 Å². The Morgan fingerprint density at radius 2 is 1.80 bits per heavy atom. The first-order chi connectivity index (χ1) is 12.0. The zero-order valence-corrected chi connectivity index (χ0v) is 15.4. The van der Waals surface area contributed by atoms with E-state index < -0.39 is 0 Å². The fourth-order valence-corrected chi connectivity index (χ4v) is 3.43. The van der Waals surface area contributed by atoms with Gasteiger partial charge >= 0.3 is 0 Å². The second-order valence-electron chi connectivity index (χ2n) is 5.86. The Morgan fingerprint density at radius 1 is 1.12 bits per heavy atom. The van der Waals surface area contributed by atoms with E-state index in [9.17, 15) is 4.79 Å². The maximum atomic E-state index is 11.8. The van der Waals surface area contributed by atoms with Crippen LogP contribution >= 0.6 is 11.8 Å². The molecule has 0 saturated heterocycles. The number of rotatable bonds is 6. The Hall–Kier alpha value is -2.48. The SMILES string of the molecule is COc1cc(CSc2nnc3[nH]c(=O)cc(C(C)C)n23)cc(OC)c1. The molecule has 1 aromatic carbocycles. The van der Waals surface area contributed by atoms with E-state index in [-0.39, 0.29) is 11.5 Å². The third-order valence-electron chi connectivity index (χ3n) is 3.78. The number of aromatic amines is 1. The van der Waals surface area contributed by atoms with E-state index in [1.807, 2.05) is 36.4 Å². The predicted molar refractivity (Wildman–Crippen MR) is 96.8 cm³/mol. The van der Waals surface area contributed by atoms with Gasteiger partial charge in [0.1, 0.15) is 11.5 Å². The molecule has 0 amide bonds. The Morgan fingerprint density at radius 3 is 2.40 bits per heavy atom. The van der Waals surface area contributed by atoms with E-state index >= 15 is 0 Å². The van der Waals surface area contributed by atoms with E-state index in [1.54, 1.807) is 32.0 Å². The second kappa shape index (κ2) is 7.18. The Balaban J connectivity index is 1.93. The lowest BCUT2D eigenvalue weighted by Gasteiger charge is -2.10. The van der Waals surface area contributed by atoms with Crippen LogP contribution in [0, 0.1) is 0 Å². The van der Waals surface area contributed by atoms with Gasteiger partial charge < -0.3 is 9.47 Å². The van der Waals surface area contributed by atoms with Gasteiger partial charge in [0.15, 0.2) is 5.16 Å². The molecular weight excluding hydrogens is 340 g/mol. The van der Waals surface area contributed by atoms with Gasteiger partial charge in [0.05, 0.1) is 14.2 Å². The molecule has 7 nitrogen and oxygen atoms in total. The van der Waals surface area contributed by atoms with Crippen molar-refractivity contribution in [3.8, 4) is 11.5 Å². The summed E-state index contributed by atoms with van der Waals surface area (Å²) in [6.07, 6.45) is 0. The highest BCUT2D eigenvalue weighted by Crippen LogP contribution is 2.28. The van der Waals surface area contributed by atoms with Gasteiger partial charge in [-0.25, -0.2) is 0 Å². The van der Waals surface area contributed by atoms with Crippen molar-refractivity contribution < 1.29 is 9.47 Å². The summed E-state index contributed by atoms with van der Waals surface area (Å²) in [6, 6.07) is 7.36. The lowest BCUT2D eigenvalue weighted by Crippen LogP contribution is -2.12. The summed E-state index contributed by atoms with van der Waals surface area (Å²) >= 11 is 1.54. The number of nitrogens with one attached hydrogen (secondary N) is 1. The van der Waals surface area contributed by atoms with Crippen molar-refractivity contribution in [2.75, 3.05) is 14.2 Å². The minimum absolute atomic E-state index is 0.169. The number of nitrogens with zero attached hydrogens (tertiary/aromatic N) is 3. The van der Waals surface area contributed by atoms with Crippen molar-refractivity contribution in [2.45, 2.75) is 30.7 Å². The fourth-order valence-electron chi connectivity index (χ4n) is 2.54. The molecule has 0 fully saturated rings. The van der Waals surface area contributed by atoms with Crippen molar-refractivity contribution in [3.63, 3.8) is 0 Å². The maximum Gasteiger partial charge on any atom is 0.252 e. The number of hydrogen-bond donors (Lipinski definition) is 1. The molecule has 132 valence electrons. The van der Waals surface area contributed by atoms with Crippen molar-refractivity contribution in [3.05, 3.63) is 45.9 Å². The molecule has 8 heteroatoms. The normalized spacial score (nSPS) is 11.2. The lowest BCUT2D eigenvalue weighted by atomic mass is 10.1. The van der Waals surface area contributed by atoms with Gasteiger partial charge in [-0.15, -0.1) is 10.2 Å². The Bertz CT molecular complexity index is 926. The number of hydrogen-bond acceptors (Lipinski definition) is 6. The summed E-state index contributed by atoms with van der Waals surface area (Å²) in [5, 5.41) is 9.05. The molecule has 25 heavy (non-hydrogen) atoms. The first kappa shape index (κ1) is 17.3. The van der Waals surface area contributed by atoms with Crippen LogP contribution in [0.1, 0.15) is 31.0 Å². The summed E-state index contributed by atoms with van der Waals surface area (Å²) in [5.74, 6) is 2.80.